The van der Waals surface area contributed by atoms with Gasteiger partial charge in [0.1, 0.15) is 0 Å². The zero-order valence-electron chi connectivity index (χ0n) is 11.5. The van der Waals surface area contributed by atoms with Crippen LogP contribution in [0.2, 0.25) is 10.0 Å². The molecule has 0 spiro atoms. The number of benzene rings is 1. The zero-order valence-corrected chi connectivity index (χ0v) is 13.0. The molecule has 5 heteroatoms. The molecular formula is C14H21Cl2N3. The molecule has 1 saturated heterocycles. The summed E-state index contributed by atoms with van der Waals surface area (Å²) in [5.74, 6) is 0. The van der Waals surface area contributed by atoms with Crippen LogP contribution in [-0.4, -0.2) is 42.0 Å². The summed E-state index contributed by atoms with van der Waals surface area (Å²) >= 11 is 12.1. The molecule has 0 amide bonds. The predicted octanol–water partition coefficient (Wildman–Crippen LogP) is 3.10. The molecule has 1 atom stereocenters. The zero-order chi connectivity index (χ0) is 14.0. The van der Waals surface area contributed by atoms with E-state index in [1.165, 1.54) is 0 Å². The topological polar surface area (TPSA) is 32.5 Å². The van der Waals surface area contributed by atoms with E-state index in [-0.39, 0.29) is 0 Å². The molecule has 1 aliphatic rings. The molecule has 1 aliphatic heterocycles. The molecule has 0 saturated carbocycles. The van der Waals surface area contributed by atoms with E-state index in [2.05, 4.69) is 23.6 Å². The van der Waals surface area contributed by atoms with Gasteiger partial charge in [-0.3, -0.25) is 9.80 Å². The molecular weight excluding hydrogens is 281 g/mol. The highest BCUT2D eigenvalue weighted by atomic mass is 35.5. The van der Waals surface area contributed by atoms with Gasteiger partial charge < -0.3 is 5.73 Å². The first-order valence-electron chi connectivity index (χ1n) is 6.71. The van der Waals surface area contributed by atoms with Crippen LogP contribution in [-0.2, 0) is 6.54 Å². The molecule has 106 valence electrons. The van der Waals surface area contributed by atoms with Crippen LogP contribution in [0.15, 0.2) is 12.1 Å². The van der Waals surface area contributed by atoms with Crippen molar-refractivity contribution in [2.45, 2.75) is 26.4 Å². The third-order valence-electron chi connectivity index (χ3n) is 3.80. The molecule has 2 rings (SSSR count). The fourth-order valence-electron chi connectivity index (χ4n) is 2.67. The van der Waals surface area contributed by atoms with E-state index in [1.54, 1.807) is 0 Å². The third-order valence-corrected chi connectivity index (χ3v) is 4.43. The lowest BCUT2D eigenvalue weighted by Gasteiger charge is -2.39. The number of nitrogens with zero attached hydrogens (tertiary/aromatic N) is 2. The van der Waals surface area contributed by atoms with Crippen LogP contribution >= 0.6 is 23.2 Å². The van der Waals surface area contributed by atoms with Gasteiger partial charge in [0.25, 0.3) is 0 Å². The molecule has 0 radical (unpaired) electrons. The molecule has 1 aromatic carbocycles. The first-order valence-corrected chi connectivity index (χ1v) is 7.46. The largest absolute Gasteiger partial charge is 0.396 e. The van der Waals surface area contributed by atoms with Crippen molar-refractivity contribution in [2.75, 3.05) is 31.9 Å². The van der Waals surface area contributed by atoms with Gasteiger partial charge >= 0.3 is 0 Å². The number of piperazine rings is 1. The number of likely N-dealkylation sites (N-methyl/N-ethyl adjacent to an activating group) is 1. The molecule has 1 heterocycles. The third kappa shape index (κ3) is 3.54. The Hall–Kier alpha value is -0.480. The monoisotopic (exact) mass is 301 g/mol. The van der Waals surface area contributed by atoms with Crippen molar-refractivity contribution in [1.29, 1.82) is 0 Å². The van der Waals surface area contributed by atoms with E-state index in [1.807, 2.05) is 12.1 Å². The second kappa shape index (κ2) is 6.31. The van der Waals surface area contributed by atoms with Gasteiger partial charge in [0.05, 0.1) is 15.7 Å². The van der Waals surface area contributed by atoms with Crippen molar-refractivity contribution in [3.63, 3.8) is 0 Å². The van der Waals surface area contributed by atoms with Gasteiger partial charge in [0.2, 0.25) is 0 Å². The Morgan fingerprint density at radius 1 is 1.26 bits per heavy atom. The van der Waals surface area contributed by atoms with Crippen molar-refractivity contribution in [1.82, 2.24) is 9.80 Å². The lowest BCUT2D eigenvalue weighted by Crippen LogP contribution is -2.51. The summed E-state index contributed by atoms with van der Waals surface area (Å²) < 4.78 is 0. The van der Waals surface area contributed by atoms with Crippen LogP contribution in [0.25, 0.3) is 0 Å². The summed E-state index contributed by atoms with van der Waals surface area (Å²) in [7, 11) is 0. The average Bonchev–Trinajstić information content (AvgIpc) is 2.36. The quantitative estimate of drug-likeness (QED) is 0.871. The standard InChI is InChI=1S/C14H21Cl2N3/c1-3-19-5-4-18(8-10(19)2)9-11-6-12(15)14(17)13(16)7-11/h6-7,10H,3-5,8-9,17H2,1-2H3. The summed E-state index contributed by atoms with van der Waals surface area (Å²) in [6, 6.07) is 4.43. The molecule has 1 unspecified atom stereocenters. The summed E-state index contributed by atoms with van der Waals surface area (Å²) in [5.41, 5.74) is 7.35. The molecule has 3 nitrogen and oxygen atoms in total. The number of anilines is 1. The van der Waals surface area contributed by atoms with E-state index in [0.29, 0.717) is 21.8 Å². The van der Waals surface area contributed by atoms with Crippen molar-refractivity contribution in [3.8, 4) is 0 Å². The van der Waals surface area contributed by atoms with E-state index >= 15 is 0 Å². The summed E-state index contributed by atoms with van der Waals surface area (Å²) in [4.78, 5) is 4.94. The molecule has 1 fully saturated rings. The lowest BCUT2D eigenvalue weighted by molar-refractivity contribution is 0.0834. The second-order valence-electron chi connectivity index (χ2n) is 5.19. The number of hydrogen-bond acceptors (Lipinski definition) is 3. The number of nitrogen functional groups attached to an aromatic ring is 1. The normalized spacial score (nSPS) is 21.8. The maximum absolute atomic E-state index is 6.07. The minimum Gasteiger partial charge on any atom is -0.396 e. The average molecular weight is 302 g/mol. The maximum Gasteiger partial charge on any atom is 0.0693 e. The number of hydrogen-bond donors (Lipinski definition) is 1. The van der Waals surface area contributed by atoms with E-state index in [0.717, 1.165) is 38.3 Å². The molecule has 0 aromatic heterocycles. The highest BCUT2D eigenvalue weighted by molar-refractivity contribution is 6.38. The van der Waals surface area contributed by atoms with Crippen LogP contribution in [0.4, 0.5) is 5.69 Å². The van der Waals surface area contributed by atoms with Gasteiger partial charge in [-0.15, -0.1) is 0 Å². The van der Waals surface area contributed by atoms with E-state index < -0.39 is 0 Å². The van der Waals surface area contributed by atoms with Crippen molar-refractivity contribution in [2.24, 2.45) is 0 Å². The lowest BCUT2D eigenvalue weighted by atomic mass is 10.1. The van der Waals surface area contributed by atoms with Gasteiger partial charge in [-0.05, 0) is 31.2 Å². The Morgan fingerprint density at radius 3 is 2.42 bits per heavy atom. The Labute approximate surface area is 125 Å². The number of halogens is 2. The van der Waals surface area contributed by atoms with Crippen LogP contribution in [0, 0.1) is 0 Å². The van der Waals surface area contributed by atoms with Crippen LogP contribution < -0.4 is 5.73 Å². The van der Waals surface area contributed by atoms with E-state index in [4.69, 9.17) is 28.9 Å². The van der Waals surface area contributed by atoms with Gasteiger partial charge in [-0.1, -0.05) is 30.1 Å². The molecule has 1 aromatic rings. The van der Waals surface area contributed by atoms with Crippen molar-refractivity contribution in [3.05, 3.63) is 27.7 Å². The molecule has 2 N–H and O–H groups in total. The SMILES string of the molecule is CCN1CCN(Cc2cc(Cl)c(N)c(Cl)c2)CC1C. The highest BCUT2D eigenvalue weighted by Crippen LogP contribution is 2.29. The first kappa shape index (κ1) is 14.9. The van der Waals surface area contributed by atoms with E-state index in [9.17, 15) is 0 Å². The van der Waals surface area contributed by atoms with Crippen LogP contribution in [0.1, 0.15) is 19.4 Å². The van der Waals surface area contributed by atoms with Gasteiger partial charge in [0.15, 0.2) is 0 Å². The number of rotatable bonds is 3. The van der Waals surface area contributed by atoms with Crippen LogP contribution in [0.5, 0.6) is 0 Å². The maximum atomic E-state index is 6.07. The van der Waals surface area contributed by atoms with Crippen molar-refractivity contribution >= 4 is 28.9 Å². The van der Waals surface area contributed by atoms with Crippen molar-refractivity contribution < 1.29 is 0 Å². The molecule has 0 aliphatic carbocycles. The molecule has 19 heavy (non-hydrogen) atoms. The van der Waals surface area contributed by atoms with Gasteiger partial charge in [0, 0.05) is 32.2 Å². The van der Waals surface area contributed by atoms with Gasteiger partial charge in [-0.2, -0.15) is 0 Å². The van der Waals surface area contributed by atoms with Crippen LogP contribution in [0.3, 0.4) is 0 Å². The Morgan fingerprint density at radius 2 is 1.89 bits per heavy atom. The minimum atomic E-state index is 0.469. The Kier molecular flexibility index (Phi) is 4.96. The smallest absolute Gasteiger partial charge is 0.0693 e. The Balaban J connectivity index is 2.02. The highest BCUT2D eigenvalue weighted by Gasteiger charge is 2.22. The summed E-state index contributed by atoms with van der Waals surface area (Å²) in [5, 5.41) is 1.09. The fourth-order valence-corrected chi connectivity index (χ4v) is 3.20. The van der Waals surface area contributed by atoms with Gasteiger partial charge in [-0.25, -0.2) is 0 Å². The predicted molar refractivity (Wildman–Crippen MR) is 82.9 cm³/mol. The first-order chi connectivity index (χ1) is 9.01. The summed E-state index contributed by atoms with van der Waals surface area (Å²) in [6.07, 6.45) is 0. The number of nitrogens with two attached hydrogens (primary N) is 1. The second-order valence-corrected chi connectivity index (χ2v) is 6.00. The fraction of sp³-hybridized carbons (Fsp3) is 0.571. The minimum absolute atomic E-state index is 0.469. The Bertz CT molecular complexity index is 427. The summed E-state index contributed by atoms with van der Waals surface area (Å²) in [6.45, 7) is 9.76. The molecule has 0 bridgehead atoms.